The molecule has 3 heterocycles. The summed E-state index contributed by atoms with van der Waals surface area (Å²) in [5, 5.41) is 4.57. The first-order valence-electron chi connectivity index (χ1n) is 4.83. The van der Waals surface area contributed by atoms with Crippen molar-refractivity contribution in [3.8, 4) is 0 Å². The summed E-state index contributed by atoms with van der Waals surface area (Å²) in [6.07, 6.45) is 5.27. The minimum absolute atomic E-state index is 0.463. The third-order valence-electron chi connectivity index (χ3n) is 2.57. The summed E-state index contributed by atoms with van der Waals surface area (Å²) in [6, 6.07) is 0. The Morgan fingerprint density at radius 2 is 1.85 bits per heavy atom. The number of hydrogen-bond donors (Lipinski definition) is 0. The van der Waals surface area contributed by atoms with Gasteiger partial charge < -0.3 is 14.5 Å². The van der Waals surface area contributed by atoms with Gasteiger partial charge >= 0.3 is 0 Å². The fourth-order valence-corrected chi connectivity index (χ4v) is 1.64. The number of rotatable bonds is 4. The van der Waals surface area contributed by atoms with Crippen molar-refractivity contribution in [2.75, 3.05) is 32.8 Å². The van der Waals surface area contributed by atoms with Crippen LogP contribution in [0.25, 0.3) is 0 Å². The van der Waals surface area contributed by atoms with Crippen LogP contribution >= 0.6 is 0 Å². The molecule has 0 bridgehead atoms. The lowest BCUT2D eigenvalue weighted by atomic mass is 10.4. The summed E-state index contributed by atoms with van der Waals surface area (Å²) in [6.45, 7) is 4.91. The average molecular weight is 182 g/mol. The maximum absolute atomic E-state index is 5.21. The van der Waals surface area contributed by atoms with E-state index in [0.29, 0.717) is 12.2 Å². The van der Waals surface area contributed by atoms with Crippen LogP contribution in [-0.4, -0.2) is 55.1 Å². The SMILES string of the molecule is C1=CN(CC2CO2)N(CC2CO2)C1. The normalized spacial score (nSPS) is 37.1. The number of ether oxygens (including phenoxy) is 2. The quantitative estimate of drug-likeness (QED) is 0.565. The van der Waals surface area contributed by atoms with E-state index in [1.165, 1.54) is 0 Å². The first-order valence-corrected chi connectivity index (χ1v) is 4.83. The third kappa shape index (κ3) is 1.85. The number of hydrogen-bond acceptors (Lipinski definition) is 4. The lowest BCUT2D eigenvalue weighted by molar-refractivity contribution is 0.0386. The van der Waals surface area contributed by atoms with E-state index in [0.717, 1.165) is 32.8 Å². The highest BCUT2D eigenvalue weighted by Crippen LogP contribution is 2.19. The predicted molar refractivity (Wildman–Crippen MR) is 46.9 cm³/mol. The topological polar surface area (TPSA) is 31.5 Å². The summed E-state index contributed by atoms with van der Waals surface area (Å²) < 4.78 is 10.4. The van der Waals surface area contributed by atoms with Crippen LogP contribution < -0.4 is 0 Å². The van der Waals surface area contributed by atoms with Crippen LogP contribution in [0.15, 0.2) is 12.3 Å². The highest BCUT2D eigenvalue weighted by atomic mass is 16.6. The van der Waals surface area contributed by atoms with Crippen LogP contribution in [0.4, 0.5) is 0 Å². The highest BCUT2D eigenvalue weighted by molar-refractivity contribution is 4.95. The maximum Gasteiger partial charge on any atom is 0.0999 e. The second-order valence-corrected chi connectivity index (χ2v) is 3.79. The average Bonchev–Trinajstić information content (AvgIpc) is 2.95. The molecule has 0 radical (unpaired) electrons. The molecule has 0 aliphatic carbocycles. The zero-order valence-electron chi connectivity index (χ0n) is 7.56. The van der Waals surface area contributed by atoms with Crippen LogP contribution in [-0.2, 0) is 9.47 Å². The molecule has 0 aromatic carbocycles. The van der Waals surface area contributed by atoms with Crippen molar-refractivity contribution >= 4 is 0 Å². The third-order valence-corrected chi connectivity index (χ3v) is 2.57. The predicted octanol–water partition coefficient (Wildman–Crippen LogP) is -0.170. The molecule has 0 amide bonds. The Balaban J connectivity index is 1.53. The standard InChI is InChI=1S/C9H14N2O2/c1-2-10(4-8-6-12-8)11(3-1)5-9-7-13-9/h1-2,8-9H,3-7H2. The van der Waals surface area contributed by atoms with Gasteiger partial charge in [0.2, 0.25) is 0 Å². The molecule has 3 aliphatic rings. The van der Waals surface area contributed by atoms with Crippen molar-refractivity contribution in [1.29, 1.82) is 0 Å². The van der Waals surface area contributed by atoms with Gasteiger partial charge in [0.15, 0.2) is 0 Å². The van der Waals surface area contributed by atoms with Gasteiger partial charge in [-0.1, -0.05) is 6.08 Å². The first kappa shape index (κ1) is 7.79. The molecule has 0 N–H and O–H groups in total. The highest BCUT2D eigenvalue weighted by Gasteiger charge is 2.32. The second kappa shape index (κ2) is 2.97. The molecule has 2 saturated heterocycles. The number of epoxide rings is 2. The molecule has 0 spiro atoms. The van der Waals surface area contributed by atoms with Crippen LogP contribution in [0.5, 0.6) is 0 Å². The van der Waals surface area contributed by atoms with Gasteiger partial charge in [-0.05, 0) is 0 Å². The first-order chi connectivity index (χ1) is 6.42. The smallest absolute Gasteiger partial charge is 0.0999 e. The molecule has 0 aromatic rings. The molecular weight excluding hydrogens is 168 g/mol. The van der Waals surface area contributed by atoms with Crippen LogP contribution in [0.1, 0.15) is 0 Å². The Hall–Kier alpha value is -0.580. The van der Waals surface area contributed by atoms with Crippen molar-refractivity contribution in [3.63, 3.8) is 0 Å². The van der Waals surface area contributed by atoms with Crippen LogP contribution in [0.3, 0.4) is 0 Å². The Kier molecular flexibility index (Phi) is 1.78. The minimum Gasteiger partial charge on any atom is -0.372 e. The second-order valence-electron chi connectivity index (χ2n) is 3.79. The van der Waals surface area contributed by atoms with Crippen LogP contribution in [0, 0.1) is 0 Å². The van der Waals surface area contributed by atoms with E-state index in [1.54, 1.807) is 0 Å². The van der Waals surface area contributed by atoms with Gasteiger partial charge in [-0.15, -0.1) is 0 Å². The Labute approximate surface area is 77.7 Å². The van der Waals surface area contributed by atoms with Crippen molar-refractivity contribution in [1.82, 2.24) is 10.0 Å². The molecule has 3 rings (SSSR count). The largest absolute Gasteiger partial charge is 0.372 e. The monoisotopic (exact) mass is 182 g/mol. The lowest BCUT2D eigenvalue weighted by Gasteiger charge is -2.27. The van der Waals surface area contributed by atoms with Crippen molar-refractivity contribution in [2.45, 2.75) is 12.2 Å². The molecule has 72 valence electrons. The van der Waals surface area contributed by atoms with E-state index < -0.39 is 0 Å². The van der Waals surface area contributed by atoms with Gasteiger partial charge in [-0.2, -0.15) is 0 Å². The minimum atomic E-state index is 0.463. The van der Waals surface area contributed by atoms with Gasteiger partial charge in [0.1, 0.15) is 0 Å². The molecule has 0 saturated carbocycles. The van der Waals surface area contributed by atoms with Crippen LogP contribution in [0.2, 0.25) is 0 Å². The molecule has 13 heavy (non-hydrogen) atoms. The lowest BCUT2D eigenvalue weighted by Crippen LogP contribution is -2.39. The fraction of sp³-hybridized carbons (Fsp3) is 0.778. The van der Waals surface area contributed by atoms with Crippen molar-refractivity contribution < 1.29 is 9.47 Å². The summed E-state index contributed by atoms with van der Waals surface area (Å²) in [5.41, 5.74) is 0. The van der Waals surface area contributed by atoms with E-state index >= 15 is 0 Å². The number of nitrogens with zero attached hydrogens (tertiary/aromatic N) is 2. The van der Waals surface area contributed by atoms with Gasteiger partial charge in [0.25, 0.3) is 0 Å². The molecular formula is C9H14N2O2. The fourth-order valence-electron chi connectivity index (χ4n) is 1.64. The Morgan fingerprint density at radius 1 is 1.15 bits per heavy atom. The Bertz CT molecular complexity index is 224. The van der Waals surface area contributed by atoms with E-state index in [9.17, 15) is 0 Å². The van der Waals surface area contributed by atoms with E-state index in [4.69, 9.17) is 9.47 Å². The summed E-state index contributed by atoms with van der Waals surface area (Å²) in [4.78, 5) is 0. The van der Waals surface area contributed by atoms with E-state index in [-0.39, 0.29) is 0 Å². The molecule has 2 unspecified atom stereocenters. The molecule has 3 aliphatic heterocycles. The zero-order valence-corrected chi connectivity index (χ0v) is 7.56. The molecule has 2 fully saturated rings. The maximum atomic E-state index is 5.21. The molecule has 4 nitrogen and oxygen atoms in total. The van der Waals surface area contributed by atoms with Gasteiger partial charge in [0.05, 0.1) is 32.0 Å². The summed E-state index contributed by atoms with van der Waals surface area (Å²) >= 11 is 0. The van der Waals surface area contributed by atoms with Crippen molar-refractivity contribution in [3.05, 3.63) is 12.3 Å². The van der Waals surface area contributed by atoms with E-state index in [2.05, 4.69) is 22.3 Å². The zero-order chi connectivity index (χ0) is 8.67. The van der Waals surface area contributed by atoms with Gasteiger partial charge in [-0.25, -0.2) is 5.01 Å². The van der Waals surface area contributed by atoms with Crippen molar-refractivity contribution in [2.24, 2.45) is 0 Å². The van der Waals surface area contributed by atoms with Gasteiger partial charge in [-0.3, -0.25) is 0 Å². The molecule has 2 atom stereocenters. The summed E-state index contributed by atoms with van der Waals surface area (Å²) in [7, 11) is 0. The van der Waals surface area contributed by atoms with Gasteiger partial charge in [0, 0.05) is 19.3 Å². The molecule has 4 heteroatoms. The Morgan fingerprint density at radius 3 is 2.54 bits per heavy atom. The number of hydrazine groups is 1. The van der Waals surface area contributed by atoms with E-state index in [1.807, 2.05) is 0 Å². The molecule has 0 aromatic heterocycles. The summed E-state index contributed by atoms with van der Waals surface area (Å²) in [5.74, 6) is 0.